The molecule has 0 radical (unpaired) electrons. The minimum absolute atomic E-state index is 0.143. The third-order valence-corrected chi connectivity index (χ3v) is 4.65. The Labute approximate surface area is 134 Å². The molecule has 1 N–H and O–H groups in total. The van der Waals surface area contributed by atoms with E-state index in [9.17, 15) is 4.79 Å². The van der Waals surface area contributed by atoms with Crippen LogP contribution in [-0.4, -0.2) is 16.3 Å². The fourth-order valence-corrected chi connectivity index (χ4v) is 3.54. The monoisotopic (exact) mass is 316 g/mol. The fourth-order valence-electron chi connectivity index (χ4n) is 2.65. The van der Waals surface area contributed by atoms with E-state index in [0.717, 1.165) is 41.8 Å². The zero-order valence-corrected chi connectivity index (χ0v) is 13.7. The van der Waals surface area contributed by atoms with E-state index in [-0.39, 0.29) is 5.91 Å². The van der Waals surface area contributed by atoms with Gasteiger partial charge in [0.1, 0.15) is 0 Å². The number of nitrogens with one attached hydrogen (secondary N) is 1. The Kier molecular flexibility index (Phi) is 4.52. The van der Waals surface area contributed by atoms with Crippen LogP contribution in [0.3, 0.4) is 0 Å². The summed E-state index contributed by atoms with van der Waals surface area (Å²) in [4.78, 5) is 13.5. The van der Waals surface area contributed by atoms with Crippen molar-refractivity contribution in [1.82, 2.24) is 5.16 Å². The number of carbonyl (C=O) groups is 1. The lowest BCUT2D eigenvalue weighted by Gasteiger charge is -2.10. The predicted molar refractivity (Wildman–Crippen MR) is 88.5 cm³/mol. The SMILES string of the molecule is CC(C)Sc1cccc(C(=O)Nc2onc3c2CCCC3)c1. The molecule has 1 aromatic heterocycles. The molecule has 0 aliphatic heterocycles. The Hall–Kier alpha value is -1.75. The summed E-state index contributed by atoms with van der Waals surface area (Å²) in [5.74, 6) is 0.373. The number of hydrogen-bond donors (Lipinski definition) is 1. The van der Waals surface area contributed by atoms with Gasteiger partial charge in [-0.2, -0.15) is 0 Å². The smallest absolute Gasteiger partial charge is 0.258 e. The molecule has 3 rings (SSSR count). The molecular formula is C17H20N2O2S. The van der Waals surface area contributed by atoms with Crippen LogP contribution in [0.5, 0.6) is 0 Å². The lowest BCUT2D eigenvalue weighted by Crippen LogP contribution is -2.13. The van der Waals surface area contributed by atoms with E-state index >= 15 is 0 Å². The number of amides is 1. The second kappa shape index (κ2) is 6.57. The molecule has 0 bridgehead atoms. The lowest BCUT2D eigenvalue weighted by atomic mass is 9.97. The molecule has 116 valence electrons. The summed E-state index contributed by atoms with van der Waals surface area (Å²) >= 11 is 1.75. The molecule has 1 aliphatic rings. The van der Waals surface area contributed by atoms with Gasteiger partial charge in [-0.15, -0.1) is 11.8 Å². The first-order valence-electron chi connectivity index (χ1n) is 7.69. The average molecular weight is 316 g/mol. The largest absolute Gasteiger partial charge is 0.338 e. The van der Waals surface area contributed by atoms with E-state index < -0.39 is 0 Å². The van der Waals surface area contributed by atoms with Crippen molar-refractivity contribution in [3.8, 4) is 0 Å². The van der Waals surface area contributed by atoms with Gasteiger partial charge in [-0.3, -0.25) is 10.1 Å². The number of aryl methyl sites for hydroxylation is 1. The number of thioether (sulfide) groups is 1. The first-order chi connectivity index (χ1) is 10.6. The molecule has 0 atom stereocenters. The van der Waals surface area contributed by atoms with Crippen LogP contribution in [0.25, 0.3) is 0 Å². The molecule has 1 aliphatic carbocycles. The lowest BCUT2D eigenvalue weighted by molar-refractivity contribution is 0.102. The van der Waals surface area contributed by atoms with Crippen molar-refractivity contribution >= 4 is 23.6 Å². The van der Waals surface area contributed by atoms with E-state index in [1.165, 1.54) is 0 Å². The first kappa shape index (κ1) is 15.2. The molecule has 1 aromatic carbocycles. The van der Waals surface area contributed by atoms with Gasteiger partial charge in [0.25, 0.3) is 5.91 Å². The van der Waals surface area contributed by atoms with Crippen LogP contribution < -0.4 is 5.32 Å². The van der Waals surface area contributed by atoms with Crippen molar-refractivity contribution in [2.75, 3.05) is 5.32 Å². The molecule has 0 unspecified atom stereocenters. The molecule has 22 heavy (non-hydrogen) atoms. The van der Waals surface area contributed by atoms with Crippen molar-refractivity contribution in [3.05, 3.63) is 41.1 Å². The second-order valence-electron chi connectivity index (χ2n) is 5.79. The highest BCUT2D eigenvalue weighted by Gasteiger charge is 2.21. The molecule has 1 amide bonds. The number of carbonyl (C=O) groups excluding carboxylic acids is 1. The molecule has 0 saturated carbocycles. The Morgan fingerprint density at radius 2 is 2.14 bits per heavy atom. The third-order valence-electron chi connectivity index (χ3n) is 3.65. The molecule has 0 fully saturated rings. The van der Waals surface area contributed by atoms with Crippen LogP contribution in [0.1, 0.15) is 48.3 Å². The maximum Gasteiger partial charge on any atom is 0.258 e. The highest BCUT2D eigenvalue weighted by molar-refractivity contribution is 7.99. The van der Waals surface area contributed by atoms with Gasteiger partial charge in [-0.25, -0.2) is 0 Å². The maximum absolute atomic E-state index is 12.4. The molecule has 5 heteroatoms. The van der Waals surface area contributed by atoms with Gasteiger partial charge in [-0.05, 0) is 43.9 Å². The minimum Gasteiger partial charge on any atom is -0.338 e. The number of anilines is 1. The number of fused-ring (bicyclic) bond motifs is 1. The number of benzene rings is 1. The predicted octanol–water partition coefficient (Wildman–Crippen LogP) is 4.31. The van der Waals surface area contributed by atoms with Crippen LogP contribution in [0.4, 0.5) is 5.88 Å². The average Bonchev–Trinajstić information content (AvgIpc) is 2.90. The minimum atomic E-state index is -0.143. The summed E-state index contributed by atoms with van der Waals surface area (Å²) in [5, 5.41) is 7.42. The normalized spacial score (nSPS) is 14.0. The van der Waals surface area contributed by atoms with Crippen LogP contribution in [-0.2, 0) is 12.8 Å². The van der Waals surface area contributed by atoms with Crippen LogP contribution >= 0.6 is 11.8 Å². The van der Waals surface area contributed by atoms with E-state index in [1.54, 1.807) is 11.8 Å². The summed E-state index contributed by atoms with van der Waals surface area (Å²) in [6.07, 6.45) is 4.13. The third kappa shape index (κ3) is 3.35. The van der Waals surface area contributed by atoms with Crippen molar-refractivity contribution in [3.63, 3.8) is 0 Å². The highest BCUT2D eigenvalue weighted by Crippen LogP contribution is 2.28. The van der Waals surface area contributed by atoms with Gasteiger partial charge in [0, 0.05) is 21.3 Å². The van der Waals surface area contributed by atoms with Crippen molar-refractivity contribution in [2.24, 2.45) is 0 Å². The molecule has 0 saturated heterocycles. The number of nitrogens with zero attached hydrogens (tertiary/aromatic N) is 1. The van der Waals surface area contributed by atoms with E-state index in [0.29, 0.717) is 16.7 Å². The topological polar surface area (TPSA) is 55.1 Å². The van der Waals surface area contributed by atoms with Gasteiger partial charge in [0.05, 0.1) is 5.69 Å². The molecule has 0 spiro atoms. The van der Waals surface area contributed by atoms with Crippen LogP contribution in [0, 0.1) is 0 Å². The zero-order chi connectivity index (χ0) is 15.5. The number of hydrogen-bond acceptors (Lipinski definition) is 4. The summed E-state index contributed by atoms with van der Waals surface area (Å²) in [5.41, 5.74) is 2.70. The van der Waals surface area contributed by atoms with E-state index in [2.05, 4.69) is 24.3 Å². The highest BCUT2D eigenvalue weighted by atomic mass is 32.2. The number of aromatic nitrogens is 1. The molecular weight excluding hydrogens is 296 g/mol. The summed E-state index contributed by atoms with van der Waals surface area (Å²) in [7, 11) is 0. The van der Waals surface area contributed by atoms with Gasteiger partial charge < -0.3 is 4.52 Å². The van der Waals surface area contributed by atoms with Crippen molar-refractivity contribution in [2.45, 2.75) is 49.7 Å². The Morgan fingerprint density at radius 3 is 2.95 bits per heavy atom. The molecule has 1 heterocycles. The van der Waals surface area contributed by atoms with Gasteiger partial charge >= 0.3 is 0 Å². The van der Waals surface area contributed by atoms with Crippen LogP contribution in [0.15, 0.2) is 33.7 Å². The summed E-state index contributed by atoms with van der Waals surface area (Å²) < 4.78 is 5.32. The first-order valence-corrected chi connectivity index (χ1v) is 8.57. The maximum atomic E-state index is 12.4. The van der Waals surface area contributed by atoms with E-state index in [4.69, 9.17) is 4.52 Å². The summed E-state index contributed by atoms with van der Waals surface area (Å²) in [6, 6.07) is 7.68. The molecule has 4 nitrogen and oxygen atoms in total. The standard InChI is InChI=1S/C17H20N2O2S/c1-11(2)22-13-7-5-6-12(10-13)16(20)18-17-14-8-3-4-9-15(14)19-21-17/h5-7,10-11H,3-4,8-9H2,1-2H3,(H,18,20). The van der Waals surface area contributed by atoms with Gasteiger partial charge in [0.15, 0.2) is 0 Å². The Balaban J connectivity index is 1.76. The zero-order valence-electron chi connectivity index (χ0n) is 12.9. The quantitative estimate of drug-likeness (QED) is 0.854. The number of rotatable bonds is 4. The van der Waals surface area contributed by atoms with E-state index in [1.807, 2.05) is 24.3 Å². The van der Waals surface area contributed by atoms with Crippen LogP contribution in [0.2, 0.25) is 0 Å². The molecule has 2 aromatic rings. The summed E-state index contributed by atoms with van der Waals surface area (Å²) in [6.45, 7) is 4.27. The van der Waals surface area contributed by atoms with Gasteiger partial charge in [-0.1, -0.05) is 25.1 Å². The van der Waals surface area contributed by atoms with Crippen molar-refractivity contribution < 1.29 is 9.32 Å². The van der Waals surface area contributed by atoms with Crippen molar-refractivity contribution in [1.29, 1.82) is 0 Å². The second-order valence-corrected chi connectivity index (χ2v) is 7.44. The Morgan fingerprint density at radius 1 is 1.32 bits per heavy atom. The Bertz CT molecular complexity index is 679. The van der Waals surface area contributed by atoms with Gasteiger partial charge in [0.2, 0.25) is 5.88 Å². The fraction of sp³-hybridized carbons (Fsp3) is 0.412.